The van der Waals surface area contributed by atoms with Crippen molar-refractivity contribution in [3.63, 3.8) is 0 Å². The van der Waals surface area contributed by atoms with Crippen LogP contribution in [0.3, 0.4) is 0 Å². The molecule has 0 radical (unpaired) electrons. The number of rotatable bonds is 3. The second-order valence-electron chi connectivity index (χ2n) is 4.32. The van der Waals surface area contributed by atoms with E-state index in [-0.39, 0.29) is 30.8 Å². The number of aliphatic carboxylic acids is 1. The molecule has 0 amide bonds. The third-order valence-corrected chi connectivity index (χ3v) is 1.73. The number of carbonyl (C=O) groups excluding carboxylic acids is 1. The first-order valence-electron chi connectivity index (χ1n) is 4.04. The van der Waals surface area contributed by atoms with Crippen molar-refractivity contribution in [3.05, 3.63) is 0 Å². The summed E-state index contributed by atoms with van der Waals surface area (Å²) in [4.78, 5) is 10.3. The Kier molecular flexibility index (Phi) is 6.93. The average Bonchev–Trinajstić information content (AvgIpc) is 1.80. The maximum absolute atomic E-state index is 10.3. The maximum Gasteiger partial charge on any atom is 2.00 e. The van der Waals surface area contributed by atoms with Gasteiger partial charge in [-0.2, -0.15) is 0 Å². The van der Waals surface area contributed by atoms with Crippen LogP contribution in [-0.2, 0) is 24.3 Å². The summed E-state index contributed by atoms with van der Waals surface area (Å²) in [6.45, 7) is 8.01. The Morgan fingerprint density at radius 3 is 2.08 bits per heavy atom. The summed E-state index contributed by atoms with van der Waals surface area (Å²) in [5, 5.41) is 10.3. The second kappa shape index (κ2) is 5.69. The molecular formula is C9H17O2Zn+. The van der Waals surface area contributed by atoms with Crippen molar-refractivity contribution in [2.75, 3.05) is 0 Å². The standard InChI is InChI=1S/C9H18O2.Zn/c1-7(8(10)11)5-6-9(2,3)4;/h7H,5-6H2,1-4H3,(H,10,11);/q;+2/p-1. The molecule has 0 spiro atoms. The molecular weight excluding hydrogens is 205 g/mol. The summed E-state index contributed by atoms with van der Waals surface area (Å²) < 4.78 is 0. The summed E-state index contributed by atoms with van der Waals surface area (Å²) in [7, 11) is 0. The Balaban J connectivity index is 0. The van der Waals surface area contributed by atoms with Gasteiger partial charge in [0.25, 0.3) is 0 Å². The van der Waals surface area contributed by atoms with Gasteiger partial charge in [0.1, 0.15) is 0 Å². The van der Waals surface area contributed by atoms with Gasteiger partial charge in [-0.1, -0.05) is 27.7 Å². The molecule has 3 heteroatoms. The van der Waals surface area contributed by atoms with Crippen molar-refractivity contribution in [2.24, 2.45) is 11.3 Å². The largest absolute Gasteiger partial charge is 2.00 e. The van der Waals surface area contributed by atoms with E-state index in [9.17, 15) is 9.90 Å². The first kappa shape index (κ1) is 14.6. The number of hydrogen-bond acceptors (Lipinski definition) is 2. The summed E-state index contributed by atoms with van der Waals surface area (Å²) in [5.74, 6) is -1.25. The fraction of sp³-hybridized carbons (Fsp3) is 0.889. The predicted molar refractivity (Wildman–Crippen MR) is 42.9 cm³/mol. The van der Waals surface area contributed by atoms with E-state index < -0.39 is 5.97 Å². The van der Waals surface area contributed by atoms with Crippen LogP contribution < -0.4 is 5.11 Å². The van der Waals surface area contributed by atoms with Gasteiger partial charge < -0.3 is 9.90 Å². The zero-order chi connectivity index (χ0) is 9.07. The molecule has 0 heterocycles. The summed E-state index contributed by atoms with van der Waals surface area (Å²) in [5.41, 5.74) is 0.226. The monoisotopic (exact) mass is 221 g/mol. The summed E-state index contributed by atoms with van der Waals surface area (Å²) >= 11 is 0. The van der Waals surface area contributed by atoms with Gasteiger partial charge in [-0.05, 0) is 24.2 Å². The average molecular weight is 223 g/mol. The minimum absolute atomic E-state index is 0. The summed E-state index contributed by atoms with van der Waals surface area (Å²) in [6.07, 6.45) is 1.65. The molecule has 0 saturated heterocycles. The molecule has 12 heavy (non-hydrogen) atoms. The van der Waals surface area contributed by atoms with Crippen LogP contribution in [-0.4, -0.2) is 5.97 Å². The van der Waals surface area contributed by atoms with Crippen molar-refractivity contribution in [1.82, 2.24) is 0 Å². The van der Waals surface area contributed by atoms with Crippen LogP contribution in [0.5, 0.6) is 0 Å². The molecule has 0 saturated carbocycles. The Bertz CT molecular complexity index is 138. The number of carbonyl (C=O) groups is 1. The topological polar surface area (TPSA) is 40.1 Å². The van der Waals surface area contributed by atoms with Crippen LogP contribution in [0.1, 0.15) is 40.5 Å². The van der Waals surface area contributed by atoms with Crippen LogP contribution in [0.25, 0.3) is 0 Å². The van der Waals surface area contributed by atoms with Gasteiger partial charge in [-0.15, -0.1) is 0 Å². The molecule has 1 atom stereocenters. The molecule has 0 aromatic heterocycles. The molecule has 0 bridgehead atoms. The molecule has 1 unspecified atom stereocenters. The van der Waals surface area contributed by atoms with Crippen molar-refractivity contribution < 1.29 is 29.4 Å². The number of carboxylic acids is 1. The predicted octanol–water partition coefficient (Wildman–Crippen LogP) is 1.20. The van der Waals surface area contributed by atoms with Crippen LogP contribution in [0.4, 0.5) is 0 Å². The quantitative estimate of drug-likeness (QED) is 0.673. The van der Waals surface area contributed by atoms with Crippen molar-refractivity contribution in [1.29, 1.82) is 0 Å². The zero-order valence-electron chi connectivity index (χ0n) is 8.52. The molecule has 0 rings (SSSR count). The van der Waals surface area contributed by atoms with Gasteiger partial charge in [0.2, 0.25) is 0 Å². The molecule has 0 aliphatic carbocycles. The summed E-state index contributed by atoms with van der Waals surface area (Å²) in [6, 6.07) is 0. The van der Waals surface area contributed by atoms with Crippen LogP contribution in [0.2, 0.25) is 0 Å². The van der Waals surface area contributed by atoms with E-state index in [0.29, 0.717) is 6.42 Å². The van der Waals surface area contributed by atoms with Gasteiger partial charge in [0.05, 0.1) is 0 Å². The molecule has 0 aliphatic rings. The van der Waals surface area contributed by atoms with Gasteiger partial charge in [-0.25, -0.2) is 0 Å². The van der Waals surface area contributed by atoms with Gasteiger partial charge in [0.15, 0.2) is 0 Å². The fourth-order valence-corrected chi connectivity index (χ4v) is 0.767. The third-order valence-electron chi connectivity index (χ3n) is 1.73. The molecule has 0 aromatic carbocycles. The number of carboxylic acid groups (broad SMARTS) is 1. The number of hydrogen-bond donors (Lipinski definition) is 0. The molecule has 0 aromatic rings. The van der Waals surface area contributed by atoms with E-state index in [1.807, 2.05) is 0 Å². The van der Waals surface area contributed by atoms with E-state index in [4.69, 9.17) is 0 Å². The van der Waals surface area contributed by atoms with Crippen LogP contribution in [0, 0.1) is 11.3 Å². The van der Waals surface area contributed by atoms with E-state index in [0.717, 1.165) is 6.42 Å². The second-order valence-corrected chi connectivity index (χ2v) is 4.32. The SMILES string of the molecule is CC(CCC(C)(C)C)C(=O)[O-].[Zn+2]. The van der Waals surface area contributed by atoms with Gasteiger partial charge in [0, 0.05) is 5.97 Å². The molecule has 66 valence electrons. The van der Waals surface area contributed by atoms with Crippen molar-refractivity contribution in [3.8, 4) is 0 Å². The third kappa shape index (κ3) is 8.19. The Morgan fingerprint density at radius 2 is 1.83 bits per heavy atom. The zero-order valence-corrected chi connectivity index (χ0v) is 11.5. The minimum Gasteiger partial charge on any atom is -0.550 e. The maximum atomic E-state index is 10.3. The van der Waals surface area contributed by atoms with Crippen molar-refractivity contribution >= 4 is 5.97 Å². The van der Waals surface area contributed by atoms with E-state index in [2.05, 4.69) is 20.8 Å². The molecule has 0 N–H and O–H groups in total. The van der Waals surface area contributed by atoms with E-state index in [1.54, 1.807) is 6.92 Å². The van der Waals surface area contributed by atoms with E-state index >= 15 is 0 Å². The molecule has 0 aliphatic heterocycles. The smallest absolute Gasteiger partial charge is 0.550 e. The molecule has 2 nitrogen and oxygen atoms in total. The normalized spacial score (nSPS) is 13.3. The first-order chi connectivity index (χ1) is 4.83. The Labute approximate surface area is 87.5 Å². The van der Waals surface area contributed by atoms with Gasteiger partial charge >= 0.3 is 19.5 Å². The van der Waals surface area contributed by atoms with Crippen molar-refractivity contribution in [2.45, 2.75) is 40.5 Å². The fourth-order valence-electron chi connectivity index (χ4n) is 0.767. The molecule has 0 fully saturated rings. The first-order valence-corrected chi connectivity index (χ1v) is 4.04. The van der Waals surface area contributed by atoms with Crippen LogP contribution in [0.15, 0.2) is 0 Å². The van der Waals surface area contributed by atoms with Crippen LogP contribution >= 0.6 is 0 Å². The Hall–Kier alpha value is 0.0934. The minimum atomic E-state index is -0.936. The Morgan fingerprint density at radius 1 is 1.42 bits per heavy atom. The van der Waals surface area contributed by atoms with Gasteiger partial charge in [-0.3, -0.25) is 0 Å². The van der Waals surface area contributed by atoms with E-state index in [1.165, 1.54) is 0 Å².